The van der Waals surface area contributed by atoms with Crippen molar-refractivity contribution in [1.29, 1.82) is 0 Å². The van der Waals surface area contributed by atoms with Gasteiger partial charge in [-0.15, -0.1) is 12.3 Å². The second kappa shape index (κ2) is 5.90. The molecule has 0 aromatic heterocycles. The Balaban J connectivity index is 2.54. The third kappa shape index (κ3) is 4.40. The Morgan fingerprint density at radius 1 is 1.44 bits per heavy atom. The van der Waals surface area contributed by atoms with Gasteiger partial charge in [0.15, 0.2) is 5.78 Å². The lowest BCUT2D eigenvalue weighted by atomic mass is 9.79. The summed E-state index contributed by atoms with van der Waals surface area (Å²) in [7, 11) is 0. The third-order valence-corrected chi connectivity index (χ3v) is 2.86. The molecule has 0 bridgehead atoms. The Labute approximate surface area is 108 Å². The first kappa shape index (κ1) is 14.6. The Morgan fingerprint density at radius 3 is 2.44 bits per heavy atom. The van der Waals surface area contributed by atoms with Gasteiger partial charge >= 0.3 is 6.09 Å². The molecule has 0 radical (unpaired) electrons. The van der Waals surface area contributed by atoms with Crippen LogP contribution >= 0.6 is 0 Å². The predicted molar refractivity (Wildman–Crippen MR) is 69.0 cm³/mol. The van der Waals surface area contributed by atoms with Gasteiger partial charge in [-0.3, -0.25) is 4.79 Å². The molecule has 0 aliphatic heterocycles. The SMILES string of the molecule is C#CCC(NC(=O)OC(C)(C)C)C(=O)C1CCC1. The number of hydrogen-bond acceptors (Lipinski definition) is 3. The first-order valence-electron chi connectivity index (χ1n) is 6.30. The van der Waals surface area contributed by atoms with E-state index in [9.17, 15) is 9.59 Å². The summed E-state index contributed by atoms with van der Waals surface area (Å²) in [6.45, 7) is 5.32. The maximum atomic E-state index is 12.1. The van der Waals surface area contributed by atoms with E-state index in [1.54, 1.807) is 20.8 Å². The normalized spacial score (nSPS) is 17.2. The molecule has 4 heteroatoms. The van der Waals surface area contributed by atoms with E-state index in [1.807, 2.05) is 0 Å². The number of hydrogen-bond donors (Lipinski definition) is 1. The molecule has 1 N–H and O–H groups in total. The van der Waals surface area contributed by atoms with E-state index < -0.39 is 17.7 Å². The highest BCUT2D eigenvalue weighted by molar-refractivity contribution is 5.90. The highest BCUT2D eigenvalue weighted by atomic mass is 16.6. The molecular weight excluding hydrogens is 230 g/mol. The molecule has 0 aromatic rings. The summed E-state index contributed by atoms with van der Waals surface area (Å²) in [5.74, 6) is 2.52. The molecule has 0 spiro atoms. The van der Waals surface area contributed by atoms with Crippen LogP contribution in [0.1, 0.15) is 46.5 Å². The van der Waals surface area contributed by atoms with Crippen LogP contribution in [0.5, 0.6) is 0 Å². The zero-order valence-electron chi connectivity index (χ0n) is 11.3. The highest BCUT2D eigenvalue weighted by Crippen LogP contribution is 2.28. The monoisotopic (exact) mass is 251 g/mol. The fourth-order valence-corrected chi connectivity index (χ4v) is 1.77. The van der Waals surface area contributed by atoms with Gasteiger partial charge < -0.3 is 10.1 Å². The number of amides is 1. The summed E-state index contributed by atoms with van der Waals surface area (Å²) in [5, 5.41) is 2.57. The molecule has 100 valence electrons. The smallest absolute Gasteiger partial charge is 0.408 e. The number of ether oxygens (including phenoxy) is 1. The molecule has 4 nitrogen and oxygen atoms in total. The van der Waals surface area contributed by atoms with E-state index in [1.165, 1.54) is 0 Å². The van der Waals surface area contributed by atoms with Crippen LogP contribution in [-0.2, 0) is 9.53 Å². The maximum absolute atomic E-state index is 12.1. The quantitative estimate of drug-likeness (QED) is 0.780. The molecule has 1 rings (SSSR count). The minimum atomic E-state index is -0.616. The number of rotatable bonds is 4. The number of Topliss-reactive ketones (excluding diaryl/α,β-unsaturated/α-hetero) is 1. The topological polar surface area (TPSA) is 55.4 Å². The third-order valence-electron chi connectivity index (χ3n) is 2.86. The standard InChI is InChI=1S/C14H21NO3/c1-5-7-11(12(16)10-8-6-9-10)15-13(17)18-14(2,3)4/h1,10-11H,6-9H2,2-4H3,(H,15,17). The summed E-state index contributed by atoms with van der Waals surface area (Å²) in [4.78, 5) is 23.7. The van der Waals surface area contributed by atoms with Gasteiger partial charge in [-0.05, 0) is 33.6 Å². The maximum Gasteiger partial charge on any atom is 0.408 e. The average Bonchev–Trinajstić information content (AvgIpc) is 2.11. The number of terminal acetylenes is 1. The van der Waals surface area contributed by atoms with Crippen LogP contribution in [0, 0.1) is 18.3 Å². The lowest BCUT2D eigenvalue weighted by Gasteiger charge is -2.28. The van der Waals surface area contributed by atoms with Crippen molar-refractivity contribution >= 4 is 11.9 Å². The van der Waals surface area contributed by atoms with Crippen molar-refractivity contribution in [3.63, 3.8) is 0 Å². The second-order valence-electron chi connectivity index (χ2n) is 5.64. The molecule has 0 saturated heterocycles. The summed E-state index contributed by atoms with van der Waals surface area (Å²) in [5.41, 5.74) is -0.579. The molecule has 1 aliphatic rings. The summed E-state index contributed by atoms with van der Waals surface area (Å²) in [6.07, 6.45) is 7.74. The lowest BCUT2D eigenvalue weighted by molar-refractivity contribution is -0.127. The number of carbonyl (C=O) groups excluding carboxylic acids is 2. The van der Waals surface area contributed by atoms with Crippen molar-refractivity contribution in [3.8, 4) is 12.3 Å². The van der Waals surface area contributed by atoms with E-state index in [4.69, 9.17) is 11.2 Å². The van der Waals surface area contributed by atoms with E-state index in [0.717, 1.165) is 19.3 Å². The van der Waals surface area contributed by atoms with Crippen LogP contribution in [0.3, 0.4) is 0 Å². The first-order chi connectivity index (χ1) is 8.33. The fourth-order valence-electron chi connectivity index (χ4n) is 1.77. The summed E-state index contributed by atoms with van der Waals surface area (Å²) in [6, 6.07) is -0.616. The Bertz CT molecular complexity index is 358. The van der Waals surface area contributed by atoms with Crippen molar-refractivity contribution in [2.45, 2.75) is 58.1 Å². The van der Waals surface area contributed by atoms with Crippen LogP contribution in [-0.4, -0.2) is 23.5 Å². The Hall–Kier alpha value is -1.50. The van der Waals surface area contributed by atoms with Gasteiger partial charge in [0.05, 0.1) is 0 Å². The molecular formula is C14H21NO3. The molecule has 1 aliphatic carbocycles. The van der Waals surface area contributed by atoms with Crippen LogP contribution in [0.25, 0.3) is 0 Å². The van der Waals surface area contributed by atoms with Crippen molar-refractivity contribution in [1.82, 2.24) is 5.32 Å². The average molecular weight is 251 g/mol. The summed E-state index contributed by atoms with van der Waals surface area (Å²) >= 11 is 0. The summed E-state index contributed by atoms with van der Waals surface area (Å²) < 4.78 is 5.13. The van der Waals surface area contributed by atoms with E-state index in [-0.39, 0.29) is 18.1 Å². The van der Waals surface area contributed by atoms with Crippen LogP contribution in [0.15, 0.2) is 0 Å². The van der Waals surface area contributed by atoms with Gasteiger partial charge in [0.25, 0.3) is 0 Å². The minimum Gasteiger partial charge on any atom is -0.444 e. The first-order valence-corrected chi connectivity index (χ1v) is 6.30. The lowest BCUT2D eigenvalue weighted by Crippen LogP contribution is -2.46. The van der Waals surface area contributed by atoms with Crippen LogP contribution in [0.4, 0.5) is 4.79 Å². The minimum absolute atomic E-state index is 0.0325. The van der Waals surface area contributed by atoms with Gasteiger partial charge in [0.1, 0.15) is 11.6 Å². The largest absolute Gasteiger partial charge is 0.444 e. The van der Waals surface area contributed by atoms with Crippen molar-refractivity contribution in [2.24, 2.45) is 5.92 Å². The molecule has 0 heterocycles. The van der Waals surface area contributed by atoms with Gasteiger partial charge in [-0.25, -0.2) is 4.79 Å². The fraction of sp³-hybridized carbons (Fsp3) is 0.714. The zero-order chi connectivity index (χ0) is 13.8. The van der Waals surface area contributed by atoms with E-state index >= 15 is 0 Å². The second-order valence-corrected chi connectivity index (χ2v) is 5.64. The van der Waals surface area contributed by atoms with Gasteiger partial charge in [-0.1, -0.05) is 6.42 Å². The van der Waals surface area contributed by atoms with E-state index in [2.05, 4.69) is 11.2 Å². The number of ketones is 1. The van der Waals surface area contributed by atoms with Gasteiger partial charge in [-0.2, -0.15) is 0 Å². The van der Waals surface area contributed by atoms with Gasteiger partial charge in [0, 0.05) is 12.3 Å². The van der Waals surface area contributed by atoms with Gasteiger partial charge in [0.2, 0.25) is 0 Å². The van der Waals surface area contributed by atoms with Crippen molar-refractivity contribution in [2.75, 3.05) is 0 Å². The molecule has 18 heavy (non-hydrogen) atoms. The van der Waals surface area contributed by atoms with Crippen LogP contribution < -0.4 is 5.32 Å². The van der Waals surface area contributed by atoms with Crippen molar-refractivity contribution in [3.05, 3.63) is 0 Å². The molecule has 1 saturated carbocycles. The molecule has 1 fully saturated rings. The van der Waals surface area contributed by atoms with Crippen molar-refractivity contribution < 1.29 is 14.3 Å². The Kier molecular flexibility index (Phi) is 4.77. The zero-order valence-corrected chi connectivity index (χ0v) is 11.3. The predicted octanol–water partition coefficient (Wildman–Crippen LogP) is 2.27. The molecule has 0 aromatic carbocycles. The Morgan fingerprint density at radius 2 is 2.06 bits per heavy atom. The molecule has 1 unspecified atom stereocenters. The molecule has 1 amide bonds. The number of nitrogens with one attached hydrogen (secondary N) is 1. The highest BCUT2D eigenvalue weighted by Gasteiger charge is 2.32. The molecule has 1 atom stereocenters. The van der Waals surface area contributed by atoms with Crippen LogP contribution in [0.2, 0.25) is 0 Å². The number of alkyl carbamates (subject to hydrolysis) is 1. The number of carbonyl (C=O) groups is 2. The van der Waals surface area contributed by atoms with E-state index in [0.29, 0.717) is 0 Å².